The molecule has 0 bridgehead atoms. The molecule has 7 heteroatoms. The minimum atomic E-state index is -1.69. The fourth-order valence-corrected chi connectivity index (χ4v) is 1.98. The van der Waals surface area contributed by atoms with Crippen molar-refractivity contribution in [2.45, 2.75) is 12.2 Å². The first kappa shape index (κ1) is 15.0. The lowest BCUT2D eigenvalue weighted by atomic mass is 10.0. The fourth-order valence-electron chi connectivity index (χ4n) is 1.35. The van der Waals surface area contributed by atoms with Gasteiger partial charge in [0.2, 0.25) is 0 Å². The first-order chi connectivity index (χ1) is 8.42. The van der Waals surface area contributed by atoms with E-state index in [2.05, 4.69) is 4.74 Å². The molecule has 0 heterocycles. The summed E-state index contributed by atoms with van der Waals surface area (Å²) in [6, 6.07) is 2.78. The molecule has 2 unspecified atom stereocenters. The minimum Gasteiger partial charge on any atom is -0.504 e. The maximum Gasteiger partial charge on any atom is 0.337 e. The van der Waals surface area contributed by atoms with Crippen molar-refractivity contribution >= 4 is 28.6 Å². The highest BCUT2D eigenvalue weighted by Gasteiger charge is 2.27. The summed E-state index contributed by atoms with van der Waals surface area (Å²) in [5.41, 5.74) is 0.243. The Bertz CT molecular complexity index is 447. The van der Waals surface area contributed by atoms with Crippen molar-refractivity contribution in [2.75, 3.05) is 14.2 Å². The molecule has 0 radical (unpaired) electrons. The molecule has 0 fully saturated rings. The Labute approximate surface area is 117 Å². The van der Waals surface area contributed by atoms with Crippen molar-refractivity contribution < 1.29 is 29.6 Å². The number of benzene rings is 1. The summed E-state index contributed by atoms with van der Waals surface area (Å²) < 4.78 is 9.68. The van der Waals surface area contributed by atoms with Crippen LogP contribution in [-0.4, -0.2) is 41.6 Å². The number of aliphatic hydroxyl groups is 2. The normalized spacial score (nSPS) is 13.8. The number of aliphatic hydroxyl groups excluding tert-OH is 2. The summed E-state index contributed by atoms with van der Waals surface area (Å²) in [5.74, 6) is -0.862. The number of hydrogen-bond acceptors (Lipinski definition) is 6. The van der Waals surface area contributed by atoms with Crippen LogP contribution < -0.4 is 4.74 Å². The average Bonchev–Trinajstić information content (AvgIpc) is 2.38. The number of ether oxygens (including phenoxy) is 2. The molecule has 0 saturated carbocycles. The van der Waals surface area contributed by atoms with Gasteiger partial charge in [0.25, 0.3) is 0 Å². The van der Waals surface area contributed by atoms with Gasteiger partial charge in [0.1, 0.15) is 6.10 Å². The summed E-state index contributed by atoms with van der Waals surface area (Å²) in [5, 5.41) is 29.0. The Morgan fingerprint density at radius 2 is 1.94 bits per heavy atom. The van der Waals surface area contributed by atoms with Gasteiger partial charge in [-0.1, -0.05) is 0 Å². The van der Waals surface area contributed by atoms with Crippen molar-refractivity contribution in [1.29, 1.82) is 0 Å². The summed E-state index contributed by atoms with van der Waals surface area (Å²) in [6.07, 6.45) is -3.15. The molecule has 3 N–H and O–H groups in total. The second kappa shape index (κ2) is 6.21. The van der Waals surface area contributed by atoms with E-state index in [9.17, 15) is 20.1 Å². The summed E-state index contributed by atoms with van der Waals surface area (Å²) in [7, 11) is 2.47. The number of esters is 1. The molecule has 18 heavy (non-hydrogen) atoms. The van der Waals surface area contributed by atoms with E-state index >= 15 is 0 Å². The third-order valence-electron chi connectivity index (χ3n) is 2.35. The van der Waals surface area contributed by atoms with Crippen LogP contribution in [0.15, 0.2) is 12.1 Å². The first-order valence-corrected chi connectivity index (χ1v) is 6.00. The molecule has 0 aliphatic heterocycles. The molecule has 0 aliphatic carbocycles. The van der Waals surface area contributed by atoms with Gasteiger partial charge in [0, 0.05) is 0 Å². The molecule has 1 rings (SSSR count). The molecule has 0 spiro atoms. The van der Waals surface area contributed by atoms with Crippen LogP contribution in [0.25, 0.3) is 0 Å². The third kappa shape index (κ3) is 3.03. The number of phenols is 1. The summed E-state index contributed by atoms with van der Waals surface area (Å²) >= 11 is 1.84. The van der Waals surface area contributed by atoms with E-state index in [0.717, 1.165) is 7.11 Å². The molecule has 1 aromatic carbocycles. The van der Waals surface area contributed by atoms with E-state index in [4.69, 9.17) is 4.74 Å². The number of aromatic hydroxyl groups is 1. The van der Waals surface area contributed by atoms with E-state index in [1.807, 2.05) is 22.6 Å². The molecule has 0 aromatic heterocycles. The van der Waals surface area contributed by atoms with Crippen LogP contribution >= 0.6 is 22.6 Å². The zero-order valence-corrected chi connectivity index (χ0v) is 11.9. The Kier molecular flexibility index (Phi) is 5.17. The summed E-state index contributed by atoms with van der Waals surface area (Å²) in [6.45, 7) is 0. The average molecular weight is 368 g/mol. The molecular weight excluding hydrogens is 355 g/mol. The number of carbonyl (C=O) groups excluding carboxylic acids is 1. The van der Waals surface area contributed by atoms with Gasteiger partial charge in [-0.2, -0.15) is 0 Å². The maximum atomic E-state index is 11.1. The van der Waals surface area contributed by atoms with Crippen LogP contribution in [-0.2, 0) is 9.53 Å². The molecule has 1 aromatic rings. The van der Waals surface area contributed by atoms with Gasteiger partial charge >= 0.3 is 5.97 Å². The van der Waals surface area contributed by atoms with E-state index < -0.39 is 18.2 Å². The lowest BCUT2D eigenvalue weighted by Gasteiger charge is -2.17. The van der Waals surface area contributed by atoms with Gasteiger partial charge in [-0.25, -0.2) is 4.79 Å². The molecule has 0 saturated heterocycles. The lowest BCUT2D eigenvalue weighted by molar-refractivity contribution is -0.156. The molecule has 6 nitrogen and oxygen atoms in total. The number of phenolic OH excluding ortho intramolecular Hbond substituents is 1. The van der Waals surface area contributed by atoms with Gasteiger partial charge < -0.3 is 24.8 Å². The largest absolute Gasteiger partial charge is 0.504 e. The van der Waals surface area contributed by atoms with E-state index in [1.165, 1.54) is 19.2 Å². The van der Waals surface area contributed by atoms with Crippen LogP contribution in [0.3, 0.4) is 0 Å². The van der Waals surface area contributed by atoms with Gasteiger partial charge in [0.05, 0.1) is 17.8 Å². The van der Waals surface area contributed by atoms with Crippen molar-refractivity contribution in [3.05, 3.63) is 21.3 Å². The number of methoxy groups -OCH3 is 2. The molecule has 0 amide bonds. The molecule has 100 valence electrons. The number of rotatable bonds is 4. The van der Waals surface area contributed by atoms with Crippen LogP contribution in [0.4, 0.5) is 0 Å². The standard InChI is InChI=1S/C11H13IO6/c1-17-7-4-5(3-6(12)9(7)14)8(13)10(15)11(16)18-2/h3-4,8,10,13-15H,1-2H3. The number of hydrogen-bond donors (Lipinski definition) is 3. The van der Waals surface area contributed by atoms with E-state index in [1.54, 1.807) is 0 Å². The zero-order chi connectivity index (χ0) is 13.9. The predicted octanol–water partition coefficient (Wildman–Crippen LogP) is 0.573. The highest BCUT2D eigenvalue weighted by molar-refractivity contribution is 14.1. The van der Waals surface area contributed by atoms with Crippen molar-refractivity contribution in [3.8, 4) is 11.5 Å². The smallest absolute Gasteiger partial charge is 0.337 e. The topological polar surface area (TPSA) is 96.2 Å². The summed E-state index contributed by atoms with van der Waals surface area (Å²) in [4.78, 5) is 11.1. The van der Waals surface area contributed by atoms with Crippen molar-refractivity contribution in [2.24, 2.45) is 0 Å². The van der Waals surface area contributed by atoms with Crippen LogP contribution in [0, 0.1) is 3.57 Å². The second-order valence-electron chi connectivity index (χ2n) is 3.47. The Morgan fingerprint density at radius 1 is 1.33 bits per heavy atom. The number of carbonyl (C=O) groups is 1. The quantitative estimate of drug-likeness (QED) is 0.531. The van der Waals surface area contributed by atoms with Gasteiger partial charge in [-0.3, -0.25) is 0 Å². The molecule has 0 aliphatic rings. The van der Waals surface area contributed by atoms with Gasteiger partial charge in [-0.05, 0) is 40.3 Å². The monoisotopic (exact) mass is 368 g/mol. The third-order valence-corrected chi connectivity index (χ3v) is 3.18. The molecule has 2 atom stereocenters. The maximum absolute atomic E-state index is 11.1. The number of halogens is 1. The highest BCUT2D eigenvalue weighted by atomic mass is 127. The van der Waals surface area contributed by atoms with E-state index in [-0.39, 0.29) is 17.1 Å². The van der Waals surface area contributed by atoms with E-state index in [0.29, 0.717) is 3.57 Å². The van der Waals surface area contributed by atoms with Crippen molar-refractivity contribution in [1.82, 2.24) is 0 Å². The van der Waals surface area contributed by atoms with Gasteiger partial charge in [0.15, 0.2) is 17.6 Å². The minimum absolute atomic E-state index is 0.0680. The zero-order valence-electron chi connectivity index (χ0n) is 9.75. The van der Waals surface area contributed by atoms with Gasteiger partial charge in [-0.15, -0.1) is 0 Å². The Morgan fingerprint density at radius 3 is 2.44 bits per heavy atom. The Balaban J connectivity index is 3.10. The first-order valence-electron chi connectivity index (χ1n) is 4.92. The Hall–Kier alpha value is -1.06. The van der Waals surface area contributed by atoms with Crippen LogP contribution in [0.1, 0.15) is 11.7 Å². The van der Waals surface area contributed by atoms with Crippen LogP contribution in [0.5, 0.6) is 11.5 Å². The SMILES string of the molecule is COC(=O)C(O)C(O)c1cc(I)c(O)c(OC)c1. The molecular formula is C11H13IO6. The second-order valence-corrected chi connectivity index (χ2v) is 4.63. The highest BCUT2D eigenvalue weighted by Crippen LogP contribution is 2.35. The lowest BCUT2D eigenvalue weighted by Crippen LogP contribution is -2.29. The van der Waals surface area contributed by atoms with Crippen molar-refractivity contribution in [3.63, 3.8) is 0 Å². The fraction of sp³-hybridized carbons (Fsp3) is 0.364. The predicted molar refractivity (Wildman–Crippen MR) is 70.4 cm³/mol. The van der Waals surface area contributed by atoms with Crippen LogP contribution in [0.2, 0.25) is 0 Å².